The van der Waals surface area contributed by atoms with Crippen LogP contribution >= 0.6 is 11.6 Å². The number of alkyl halides is 3. The standard InChI is InChI=1S/C20H11ClF3N3O2/c21-19-25-13(10-27-17(28)14-3-1-2-4-15(14)18(27)29)9-16(26-19)11-5-7-12(8-6-11)20(22,23)24/h1-9H,10H2. The molecule has 0 aliphatic carbocycles. The van der Waals surface area contributed by atoms with Gasteiger partial charge in [0.15, 0.2) is 0 Å². The van der Waals surface area contributed by atoms with Crippen LogP contribution in [0.4, 0.5) is 13.2 Å². The van der Waals surface area contributed by atoms with Gasteiger partial charge in [-0.2, -0.15) is 13.2 Å². The molecule has 0 N–H and O–H groups in total. The highest BCUT2D eigenvalue weighted by Crippen LogP contribution is 2.31. The van der Waals surface area contributed by atoms with Crippen LogP contribution in [0.5, 0.6) is 0 Å². The minimum absolute atomic E-state index is 0.137. The van der Waals surface area contributed by atoms with Gasteiger partial charge in [-0.25, -0.2) is 9.97 Å². The van der Waals surface area contributed by atoms with Crippen molar-refractivity contribution in [2.24, 2.45) is 0 Å². The number of carbonyl (C=O) groups excluding carboxylic acids is 2. The van der Waals surface area contributed by atoms with E-state index in [1.807, 2.05) is 0 Å². The predicted octanol–water partition coefficient (Wildman–Crippen LogP) is 4.61. The number of fused-ring (bicyclic) bond motifs is 1. The molecular weight excluding hydrogens is 407 g/mol. The lowest BCUT2D eigenvalue weighted by Crippen LogP contribution is -2.29. The van der Waals surface area contributed by atoms with E-state index in [1.165, 1.54) is 18.2 Å². The summed E-state index contributed by atoms with van der Waals surface area (Å²) in [6.45, 7) is -0.137. The monoisotopic (exact) mass is 417 g/mol. The lowest BCUT2D eigenvalue weighted by Gasteiger charge is -2.14. The van der Waals surface area contributed by atoms with Gasteiger partial charge in [-0.05, 0) is 41.9 Å². The van der Waals surface area contributed by atoms with E-state index in [4.69, 9.17) is 11.6 Å². The molecule has 2 amide bonds. The molecule has 0 saturated heterocycles. The minimum Gasteiger partial charge on any atom is -0.269 e. The quantitative estimate of drug-likeness (QED) is 0.461. The number of hydrogen-bond acceptors (Lipinski definition) is 4. The summed E-state index contributed by atoms with van der Waals surface area (Å²) in [5.41, 5.74) is 0.791. The van der Waals surface area contributed by atoms with Crippen molar-refractivity contribution < 1.29 is 22.8 Å². The van der Waals surface area contributed by atoms with Crippen LogP contribution in [0.25, 0.3) is 11.3 Å². The van der Waals surface area contributed by atoms with Crippen LogP contribution in [0.3, 0.4) is 0 Å². The number of aromatic nitrogens is 2. The summed E-state index contributed by atoms with van der Waals surface area (Å²) in [7, 11) is 0. The Labute approximate surface area is 167 Å². The molecule has 0 spiro atoms. The number of amides is 2. The summed E-state index contributed by atoms with van der Waals surface area (Å²) < 4.78 is 38.2. The first-order valence-electron chi connectivity index (χ1n) is 8.40. The van der Waals surface area contributed by atoms with Crippen LogP contribution in [-0.4, -0.2) is 26.7 Å². The molecule has 3 aromatic rings. The van der Waals surface area contributed by atoms with Gasteiger partial charge in [-0.15, -0.1) is 0 Å². The molecule has 0 fully saturated rings. The van der Waals surface area contributed by atoms with Crippen LogP contribution in [-0.2, 0) is 12.7 Å². The maximum absolute atomic E-state index is 12.7. The van der Waals surface area contributed by atoms with E-state index in [1.54, 1.807) is 24.3 Å². The Kier molecular flexibility index (Phi) is 4.58. The molecule has 0 unspecified atom stereocenters. The lowest BCUT2D eigenvalue weighted by atomic mass is 10.1. The van der Waals surface area contributed by atoms with Gasteiger partial charge in [0.05, 0.1) is 34.6 Å². The van der Waals surface area contributed by atoms with E-state index in [9.17, 15) is 22.8 Å². The maximum Gasteiger partial charge on any atom is 0.416 e. The number of carbonyl (C=O) groups is 2. The molecule has 0 saturated carbocycles. The number of nitrogens with zero attached hydrogens (tertiary/aromatic N) is 3. The van der Waals surface area contributed by atoms with Crippen LogP contribution in [0.2, 0.25) is 5.28 Å². The summed E-state index contributed by atoms with van der Waals surface area (Å²) in [5.74, 6) is -0.896. The molecule has 5 nitrogen and oxygen atoms in total. The number of hydrogen-bond donors (Lipinski definition) is 0. The molecule has 1 aliphatic heterocycles. The van der Waals surface area contributed by atoms with E-state index in [0.717, 1.165) is 17.0 Å². The molecule has 4 rings (SSSR count). The molecule has 29 heavy (non-hydrogen) atoms. The van der Waals surface area contributed by atoms with Gasteiger partial charge in [0.25, 0.3) is 11.8 Å². The van der Waals surface area contributed by atoms with Gasteiger partial charge in [0.2, 0.25) is 5.28 Å². The molecule has 0 radical (unpaired) electrons. The number of rotatable bonds is 3. The normalized spacial score (nSPS) is 13.7. The molecule has 1 aromatic heterocycles. The molecular formula is C20H11ClF3N3O2. The van der Waals surface area contributed by atoms with E-state index in [-0.39, 0.29) is 23.2 Å². The van der Waals surface area contributed by atoms with Crippen molar-refractivity contribution in [3.05, 3.63) is 82.3 Å². The van der Waals surface area contributed by atoms with Gasteiger partial charge in [0.1, 0.15) is 0 Å². The molecule has 0 bridgehead atoms. The SMILES string of the molecule is O=C1c2ccccc2C(=O)N1Cc1cc(-c2ccc(C(F)(F)F)cc2)nc(Cl)n1. The van der Waals surface area contributed by atoms with Crippen LogP contribution in [0, 0.1) is 0 Å². The van der Waals surface area contributed by atoms with Crippen molar-refractivity contribution in [3.8, 4) is 11.3 Å². The van der Waals surface area contributed by atoms with Crippen molar-refractivity contribution in [1.29, 1.82) is 0 Å². The third-order valence-electron chi connectivity index (χ3n) is 4.46. The highest BCUT2D eigenvalue weighted by Gasteiger charge is 2.35. The van der Waals surface area contributed by atoms with Gasteiger partial charge < -0.3 is 0 Å². The van der Waals surface area contributed by atoms with Crippen molar-refractivity contribution in [1.82, 2.24) is 14.9 Å². The van der Waals surface area contributed by atoms with Gasteiger partial charge in [-0.3, -0.25) is 14.5 Å². The second-order valence-electron chi connectivity index (χ2n) is 6.33. The Morgan fingerprint density at radius 1 is 0.897 bits per heavy atom. The highest BCUT2D eigenvalue weighted by atomic mass is 35.5. The third-order valence-corrected chi connectivity index (χ3v) is 4.63. The molecule has 9 heteroatoms. The van der Waals surface area contributed by atoms with Crippen LogP contribution in [0.1, 0.15) is 32.0 Å². The first-order chi connectivity index (χ1) is 13.7. The Balaban J connectivity index is 1.63. The third kappa shape index (κ3) is 3.58. The van der Waals surface area contributed by atoms with Crippen LogP contribution in [0.15, 0.2) is 54.6 Å². The molecule has 146 valence electrons. The highest BCUT2D eigenvalue weighted by molar-refractivity contribution is 6.28. The molecule has 0 atom stereocenters. The zero-order chi connectivity index (χ0) is 20.8. The maximum atomic E-state index is 12.7. The number of halogens is 4. The van der Waals surface area contributed by atoms with E-state index in [0.29, 0.717) is 16.7 Å². The summed E-state index contributed by atoms with van der Waals surface area (Å²) in [6.07, 6.45) is -4.45. The minimum atomic E-state index is -4.45. The van der Waals surface area contributed by atoms with E-state index in [2.05, 4.69) is 9.97 Å². The molecule has 2 heterocycles. The molecule has 1 aliphatic rings. The van der Waals surface area contributed by atoms with Gasteiger partial charge >= 0.3 is 6.18 Å². The van der Waals surface area contributed by atoms with Crippen molar-refractivity contribution >= 4 is 23.4 Å². The summed E-state index contributed by atoms with van der Waals surface area (Å²) in [6, 6.07) is 12.4. The van der Waals surface area contributed by atoms with E-state index >= 15 is 0 Å². The topological polar surface area (TPSA) is 63.2 Å². The fourth-order valence-corrected chi connectivity index (χ4v) is 3.27. The predicted molar refractivity (Wildman–Crippen MR) is 98.1 cm³/mol. The van der Waals surface area contributed by atoms with Gasteiger partial charge in [0, 0.05) is 5.56 Å². The number of benzene rings is 2. The smallest absolute Gasteiger partial charge is 0.269 e. The Morgan fingerprint density at radius 3 is 2.03 bits per heavy atom. The lowest BCUT2D eigenvalue weighted by molar-refractivity contribution is -0.137. The fourth-order valence-electron chi connectivity index (χ4n) is 3.07. The molecule has 2 aromatic carbocycles. The van der Waals surface area contributed by atoms with Crippen molar-refractivity contribution in [2.45, 2.75) is 12.7 Å². The Morgan fingerprint density at radius 2 is 1.48 bits per heavy atom. The van der Waals surface area contributed by atoms with Crippen molar-refractivity contribution in [3.63, 3.8) is 0 Å². The second kappa shape index (κ2) is 6.97. The van der Waals surface area contributed by atoms with Crippen LogP contribution < -0.4 is 0 Å². The average molecular weight is 418 g/mol. The zero-order valence-electron chi connectivity index (χ0n) is 14.6. The summed E-state index contributed by atoms with van der Waals surface area (Å²) >= 11 is 5.96. The zero-order valence-corrected chi connectivity index (χ0v) is 15.3. The fraction of sp³-hybridized carbons (Fsp3) is 0.100. The summed E-state index contributed by atoms with van der Waals surface area (Å²) in [5, 5.41) is -0.144. The number of imide groups is 1. The first-order valence-corrected chi connectivity index (χ1v) is 8.78. The van der Waals surface area contributed by atoms with Crippen molar-refractivity contribution in [2.75, 3.05) is 0 Å². The Bertz CT molecular complexity index is 1100. The van der Waals surface area contributed by atoms with E-state index < -0.39 is 23.6 Å². The Hall–Kier alpha value is -3.26. The first kappa shape index (κ1) is 19.1. The average Bonchev–Trinajstić information content (AvgIpc) is 2.92. The second-order valence-corrected chi connectivity index (χ2v) is 6.67. The van der Waals surface area contributed by atoms with Gasteiger partial charge in [-0.1, -0.05) is 24.3 Å². The largest absolute Gasteiger partial charge is 0.416 e. The summed E-state index contributed by atoms with van der Waals surface area (Å²) in [4.78, 5) is 34.1.